The van der Waals surface area contributed by atoms with Gasteiger partial charge in [0.2, 0.25) is 0 Å². The van der Waals surface area contributed by atoms with Gasteiger partial charge < -0.3 is 16.3 Å². The monoisotopic (exact) mass is 284 g/mol. The number of nitrogens with zero attached hydrogens (tertiary/aromatic N) is 2. The van der Waals surface area contributed by atoms with E-state index in [2.05, 4.69) is 15.5 Å². The summed E-state index contributed by atoms with van der Waals surface area (Å²) in [6.07, 6.45) is 0. The number of amides is 1. The number of nitrogens with two attached hydrogens (primary N) is 1. The molecule has 1 aromatic heterocycles. The second kappa shape index (κ2) is 6.04. The van der Waals surface area contributed by atoms with Gasteiger partial charge in [0, 0.05) is 11.3 Å². The molecule has 6 heteroatoms. The predicted octanol–water partition coefficient (Wildman–Crippen LogP) is 2.05. The quantitative estimate of drug-likeness (QED) is 0.347. The van der Waals surface area contributed by atoms with Crippen molar-refractivity contribution in [3.63, 3.8) is 0 Å². The molecule has 6 nitrogen and oxygen atoms in total. The summed E-state index contributed by atoms with van der Waals surface area (Å²) in [5.41, 5.74) is 8.48. The van der Waals surface area contributed by atoms with E-state index in [1.807, 2.05) is 26.0 Å². The standard InChI is InChI=1S/C15H16N4O2/c1-9-5-3-7-11(13(9)14(16)19-21)18-15(20)12-8-4-6-10(2)17-12/h3-8,21H,1-2H3,(H2,16,19)(H,18,20). The lowest BCUT2D eigenvalue weighted by Crippen LogP contribution is -2.21. The van der Waals surface area contributed by atoms with Crippen molar-refractivity contribution in [3.8, 4) is 0 Å². The largest absolute Gasteiger partial charge is 0.409 e. The molecule has 2 rings (SSSR count). The number of carbonyl (C=O) groups excluding carboxylic acids is 1. The van der Waals surface area contributed by atoms with E-state index in [0.29, 0.717) is 16.9 Å². The summed E-state index contributed by atoms with van der Waals surface area (Å²) in [5, 5.41) is 14.6. The van der Waals surface area contributed by atoms with Crippen LogP contribution in [0.4, 0.5) is 5.69 Å². The summed E-state index contributed by atoms with van der Waals surface area (Å²) >= 11 is 0. The van der Waals surface area contributed by atoms with Gasteiger partial charge in [-0.3, -0.25) is 4.79 Å². The molecule has 0 spiro atoms. The van der Waals surface area contributed by atoms with Gasteiger partial charge in [-0.05, 0) is 37.6 Å². The fourth-order valence-corrected chi connectivity index (χ4v) is 2.02. The molecule has 0 bridgehead atoms. The minimum Gasteiger partial charge on any atom is -0.409 e. The maximum Gasteiger partial charge on any atom is 0.274 e. The summed E-state index contributed by atoms with van der Waals surface area (Å²) in [7, 11) is 0. The third kappa shape index (κ3) is 3.17. The predicted molar refractivity (Wildman–Crippen MR) is 80.6 cm³/mol. The zero-order chi connectivity index (χ0) is 15.4. The van der Waals surface area contributed by atoms with Crippen molar-refractivity contribution in [2.45, 2.75) is 13.8 Å². The van der Waals surface area contributed by atoms with E-state index in [-0.39, 0.29) is 11.7 Å². The fourth-order valence-electron chi connectivity index (χ4n) is 2.02. The summed E-state index contributed by atoms with van der Waals surface area (Å²) in [4.78, 5) is 16.4. The normalized spacial score (nSPS) is 11.2. The molecule has 108 valence electrons. The van der Waals surface area contributed by atoms with Gasteiger partial charge in [0.1, 0.15) is 5.69 Å². The molecule has 1 amide bonds. The van der Waals surface area contributed by atoms with Gasteiger partial charge in [0.15, 0.2) is 5.84 Å². The van der Waals surface area contributed by atoms with Gasteiger partial charge in [-0.1, -0.05) is 23.4 Å². The van der Waals surface area contributed by atoms with E-state index >= 15 is 0 Å². The maximum absolute atomic E-state index is 12.2. The molecule has 1 heterocycles. The number of aryl methyl sites for hydroxylation is 2. The second-order valence-electron chi connectivity index (χ2n) is 4.60. The highest BCUT2D eigenvalue weighted by molar-refractivity contribution is 6.09. The van der Waals surface area contributed by atoms with E-state index in [4.69, 9.17) is 10.9 Å². The third-order valence-electron chi connectivity index (χ3n) is 3.01. The number of rotatable bonds is 3. The van der Waals surface area contributed by atoms with Crippen LogP contribution in [0.1, 0.15) is 27.3 Å². The molecule has 0 aliphatic rings. The highest BCUT2D eigenvalue weighted by atomic mass is 16.4. The number of benzene rings is 1. The van der Waals surface area contributed by atoms with E-state index in [9.17, 15) is 4.79 Å². The summed E-state index contributed by atoms with van der Waals surface area (Å²) in [6.45, 7) is 3.62. The number of carbonyl (C=O) groups is 1. The first kappa shape index (κ1) is 14.5. The molecule has 21 heavy (non-hydrogen) atoms. The SMILES string of the molecule is Cc1cccc(C(=O)Nc2cccc(C)c2/C(N)=N/O)n1. The Kier molecular flexibility index (Phi) is 4.18. The van der Waals surface area contributed by atoms with Crippen LogP contribution < -0.4 is 11.1 Å². The molecule has 4 N–H and O–H groups in total. The lowest BCUT2D eigenvalue weighted by molar-refractivity contribution is 0.102. The highest BCUT2D eigenvalue weighted by Gasteiger charge is 2.14. The molecular formula is C15H16N4O2. The molecule has 0 aliphatic heterocycles. The van der Waals surface area contributed by atoms with E-state index < -0.39 is 0 Å². The minimum absolute atomic E-state index is 0.0550. The van der Waals surface area contributed by atoms with Crippen LogP contribution in [-0.2, 0) is 0 Å². The second-order valence-corrected chi connectivity index (χ2v) is 4.60. The Hall–Kier alpha value is -2.89. The Labute approximate surface area is 122 Å². The summed E-state index contributed by atoms with van der Waals surface area (Å²) in [5.74, 6) is -0.406. The van der Waals surface area contributed by atoms with Crippen molar-refractivity contribution in [1.29, 1.82) is 0 Å². The number of amidine groups is 1. The van der Waals surface area contributed by atoms with Gasteiger partial charge >= 0.3 is 0 Å². The lowest BCUT2D eigenvalue weighted by Gasteiger charge is -2.12. The zero-order valence-corrected chi connectivity index (χ0v) is 11.8. The van der Waals surface area contributed by atoms with Crippen molar-refractivity contribution in [2.24, 2.45) is 10.9 Å². The van der Waals surface area contributed by atoms with Crippen LogP contribution in [0.15, 0.2) is 41.6 Å². The third-order valence-corrected chi connectivity index (χ3v) is 3.01. The Morgan fingerprint density at radius 3 is 2.62 bits per heavy atom. The Balaban J connectivity index is 2.36. The Bertz CT molecular complexity index is 711. The van der Waals surface area contributed by atoms with Crippen LogP contribution in [0.3, 0.4) is 0 Å². The molecule has 0 radical (unpaired) electrons. The van der Waals surface area contributed by atoms with Crippen molar-refractivity contribution in [2.75, 3.05) is 5.32 Å². The van der Waals surface area contributed by atoms with Crippen molar-refractivity contribution < 1.29 is 10.0 Å². The molecule has 0 saturated heterocycles. The molecule has 0 unspecified atom stereocenters. The number of anilines is 1. The van der Waals surface area contributed by atoms with Gasteiger partial charge in [-0.15, -0.1) is 0 Å². The maximum atomic E-state index is 12.2. The van der Waals surface area contributed by atoms with Crippen LogP contribution >= 0.6 is 0 Å². The first-order chi connectivity index (χ1) is 10.0. The van der Waals surface area contributed by atoms with Crippen molar-refractivity contribution >= 4 is 17.4 Å². The molecule has 1 aromatic carbocycles. The van der Waals surface area contributed by atoms with Gasteiger partial charge in [-0.2, -0.15) is 0 Å². The van der Waals surface area contributed by atoms with Crippen molar-refractivity contribution in [3.05, 3.63) is 58.9 Å². The highest BCUT2D eigenvalue weighted by Crippen LogP contribution is 2.20. The number of hydrogen-bond acceptors (Lipinski definition) is 4. The van der Waals surface area contributed by atoms with Crippen LogP contribution in [0, 0.1) is 13.8 Å². The summed E-state index contributed by atoms with van der Waals surface area (Å²) < 4.78 is 0. The molecule has 2 aromatic rings. The van der Waals surface area contributed by atoms with Crippen LogP contribution in [0.2, 0.25) is 0 Å². The van der Waals surface area contributed by atoms with E-state index in [1.165, 1.54) is 0 Å². The zero-order valence-electron chi connectivity index (χ0n) is 11.8. The minimum atomic E-state index is -0.351. The number of aromatic nitrogens is 1. The molecular weight excluding hydrogens is 268 g/mol. The van der Waals surface area contributed by atoms with Crippen LogP contribution in [-0.4, -0.2) is 21.9 Å². The molecule has 0 atom stereocenters. The number of pyridine rings is 1. The number of oxime groups is 1. The first-order valence-electron chi connectivity index (χ1n) is 6.35. The number of hydrogen-bond donors (Lipinski definition) is 3. The molecule has 0 aliphatic carbocycles. The van der Waals surface area contributed by atoms with Crippen molar-refractivity contribution in [1.82, 2.24) is 4.98 Å². The Morgan fingerprint density at radius 2 is 1.95 bits per heavy atom. The average Bonchev–Trinajstić information content (AvgIpc) is 2.46. The van der Waals surface area contributed by atoms with Gasteiger partial charge in [0.05, 0.1) is 5.69 Å². The molecule has 0 saturated carbocycles. The van der Waals surface area contributed by atoms with Gasteiger partial charge in [0.25, 0.3) is 5.91 Å². The molecule has 0 fully saturated rings. The van der Waals surface area contributed by atoms with Crippen LogP contribution in [0.5, 0.6) is 0 Å². The smallest absolute Gasteiger partial charge is 0.274 e. The number of nitrogens with one attached hydrogen (secondary N) is 1. The summed E-state index contributed by atoms with van der Waals surface area (Å²) in [6, 6.07) is 10.5. The van der Waals surface area contributed by atoms with E-state index in [0.717, 1.165) is 11.3 Å². The fraction of sp³-hybridized carbons (Fsp3) is 0.133. The van der Waals surface area contributed by atoms with E-state index in [1.54, 1.807) is 24.3 Å². The lowest BCUT2D eigenvalue weighted by atomic mass is 10.1. The van der Waals surface area contributed by atoms with Gasteiger partial charge in [-0.25, -0.2) is 4.98 Å². The first-order valence-corrected chi connectivity index (χ1v) is 6.35. The van der Waals surface area contributed by atoms with Crippen LogP contribution in [0.25, 0.3) is 0 Å². The Morgan fingerprint density at radius 1 is 1.24 bits per heavy atom. The topological polar surface area (TPSA) is 101 Å². The average molecular weight is 284 g/mol.